The predicted molar refractivity (Wildman–Crippen MR) is 74.6 cm³/mol. The molecular weight excluding hydrogens is 241 g/mol. The van der Waals surface area contributed by atoms with Crippen molar-refractivity contribution in [2.24, 2.45) is 5.73 Å². The third-order valence-corrected chi connectivity index (χ3v) is 3.21. The third-order valence-electron chi connectivity index (χ3n) is 3.21. The van der Waals surface area contributed by atoms with E-state index in [1.54, 1.807) is 13.2 Å². The molecule has 2 aromatic rings. The second kappa shape index (κ2) is 5.41. The summed E-state index contributed by atoms with van der Waals surface area (Å²) in [7, 11) is 1.63. The molecule has 0 aliphatic heterocycles. The van der Waals surface area contributed by atoms with Gasteiger partial charge in [0.15, 0.2) is 0 Å². The Morgan fingerprint density at radius 2 is 1.84 bits per heavy atom. The van der Waals surface area contributed by atoms with Gasteiger partial charge in [0.05, 0.1) is 7.11 Å². The second-order valence-corrected chi connectivity index (χ2v) is 4.95. The fourth-order valence-corrected chi connectivity index (χ4v) is 2.11. The van der Waals surface area contributed by atoms with E-state index in [0.717, 1.165) is 16.9 Å². The molecule has 1 atom stereocenters. The van der Waals surface area contributed by atoms with Crippen molar-refractivity contribution in [3.05, 3.63) is 65.5 Å². The average Bonchev–Trinajstić information content (AvgIpc) is 2.39. The first-order chi connectivity index (χ1) is 9.01. The zero-order chi connectivity index (χ0) is 13.9. The Morgan fingerprint density at radius 1 is 1.16 bits per heavy atom. The van der Waals surface area contributed by atoms with E-state index in [1.165, 1.54) is 12.1 Å². The van der Waals surface area contributed by atoms with Crippen LogP contribution in [0.4, 0.5) is 4.39 Å². The quantitative estimate of drug-likeness (QED) is 0.914. The summed E-state index contributed by atoms with van der Waals surface area (Å²) >= 11 is 0. The Balaban J connectivity index is 2.20. The lowest BCUT2D eigenvalue weighted by Gasteiger charge is -2.25. The number of methoxy groups -OCH3 is 1. The summed E-state index contributed by atoms with van der Waals surface area (Å²) in [6, 6.07) is 14.2. The van der Waals surface area contributed by atoms with Crippen LogP contribution in [0.2, 0.25) is 0 Å². The zero-order valence-electron chi connectivity index (χ0n) is 11.2. The van der Waals surface area contributed by atoms with Gasteiger partial charge in [-0.05, 0) is 48.7 Å². The molecule has 3 heteroatoms. The zero-order valence-corrected chi connectivity index (χ0v) is 11.2. The Labute approximate surface area is 113 Å². The summed E-state index contributed by atoms with van der Waals surface area (Å²) in [6.45, 7) is 1.91. The van der Waals surface area contributed by atoms with Gasteiger partial charge >= 0.3 is 0 Å². The van der Waals surface area contributed by atoms with E-state index in [1.807, 2.05) is 37.3 Å². The van der Waals surface area contributed by atoms with Crippen LogP contribution in [0.15, 0.2) is 48.5 Å². The first kappa shape index (κ1) is 13.6. The SMILES string of the molecule is COc1ccc(CC(C)(N)c2cccc(F)c2)cc1. The molecule has 1 unspecified atom stereocenters. The van der Waals surface area contributed by atoms with Crippen LogP contribution in [-0.2, 0) is 12.0 Å². The van der Waals surface area contributed by atoms with Crippen LogP contribution in [0, 0.1) is 5.82 Å². The van der Waals surface area contributed by atoms with Gasteiger partial charge in [-0.3, -0.25) is 0 Å². The number of rotatable bonds is 4. The van der Waals surface area contributed by atoms with E-state index < -0.39 is 5.54 Å². The minimum atomic E-state index is -0.601. The second-order valence-electron chi connectivity index (χ2n) is 4.95. The third kappa shape index (κ3) is 3.32. The molecule has 0 amide bonds. The van der Waals surface area contributed by atoms with Crippen molar-refractivity contribution in [1.82, 2.24) is 0 Å². The molecule has 19 heavy (non-hydrogen) atoms. The van der Waals surface area contributed by atoms with Gasteiger partial charge in [0.1, 0.15) is 11.6 Å². The number of hydrogen-bond donors (Lipinski definition) is 1. The highest BCUT2D eigenvalue weighted by atomic mass is 19.1. The predicted octanol–water partition coefficient (Wildman–Crippen LogP) is 3.25. The molecule has 0 heterocycles. The average molecular weight is 259 g/mol. The summed E-state index contributed by atoms with van der Waals surface area (Å²) in [5, 5.41) is 0. The van der Waals surface area contributed by atoms with E-state index in [-0.39, 0.29) is 5.82 Å². The summed E-state index contributed by atoms with van der Waals surface area (Å²) in [5.74, 6) is 0.553. The van der Waals surface area contributed by atoms with E-state index in [2.05, 4.69) is 0 Å². The molecule has 0 bridgehead atoms. The van der Waals surface area contributed by atoms with Crippen molar-refractivity contribution in [1.29, 1.82) is 0 Å². The summed E-state index contributed by atoms with van der Waals surface area (Å²) < 4.78 is 18.4. The van der Waals surface area contributed by atoms with Crippen LogP contribution in [0.5, 0.6) is 5.75 Å². The molecule has 0 fully saturated rings. The molecular formula is C16H18FNO. The van der Waals surface area contributed by atoms with Crippen LogP contribution in [0.3, 0.4) is 0 Å². The van der Waals surface area contributed by atoms with Gasteiger partial charge in [0.25, 0.3) is 0 Å². The van der Waals surface area contributed by atoms with Gasteiger partial charge in [-0.25, -0.2) is 4.39 Å². The molecule has 2 rings (SSSR count). The van der Waals surface area contributed by atoms with Crippen LogP contribution in [0.25, 0.3) is 0 Å². The Kier molecular flexibility index (Phi) is 3.86. The van der Waals surface area contributed by atoms with Gasteiger partial charge < -0.3 is 10.5 Å². The number of halogens is 1. The van der Waals surface area contributed by atoms with Crippen molar-refractivity contribution in [2.45, 2.75) is 18.9 Å². The molecule has 2 N–H and O–H groups in total. The van der Waals surface area contributed by atoms with E-state index >= 15 is 0 Å². The molecule has 2 nitrogen and oxygen atoms in total. The Hall–Kier alpha value is -1.87. The van der Waals surface area contributed by atoms with Crippen LogP contribution in [-0.4, -0.2) is 7.11 Å². The van der Waals surface area contributed by atoms with E-state index in [9.17, 15) is 4.39 Å². The van der Waals surface area contributed by atoms with Crippen LogP contribution >= 0.6 is 0 Å². The maximum atomic E-state index is 13.3. The molecule has 0 aliphatic carbocycles. The maximum Gasteiger partial charge on any atom is 0.123 e. The molecule has 0 aliphatic rings. The molecule has 0 spiro atoms. The number of hydrogen-bond acceptors (Lipinski definition) is 2. The van der Waals surface area contributed by atoms with Crippen molar-refractivity contribution in [3.8, 4) is 5.75 Å². The minimum Gasteiger partial charge on any atom is -0.497 e. The fraction of sp³-hybridized carbons (Fsp3) is 0.250. The van der Waals surface area contributed by atoms with Gasteiger partial charge in [0, 0.05) is 5.54 Å². The van der Waals surface area contributed by atoms with Crippen molar-refractivity contribution in [3.63, 3.8) is 0 Å². The van der Waals surface area contributed by atoms with Crippen molar-refractivity contribution in [2.75, 3.05) is 7.11 Å². The number of benzene rings is 2. The van der Waals surface area contributed by atoms with Gasteiger partial charge in [0.2, 0.25) is 0 Å². The smallest absolute Gasteiger partial charge is 0.123 e. The molecule has 2 aromatic carbocycles. The summed E-state index contributed by atoms with van der Waals surface area (Å²) in [4.78, 5) is 0. The topological polar surface area (TPSA) is 35.2 Å². The highest BCUT2D eigenvalue weighted by Crippen LogP contribution is 2.24. The minimum absolute atomic E-state index is 0.260. The summed E-state index contributed by atoms with van der Waals surface area (Å²) in [5.41, 5.74) is 7.60. The van der Waals surface area contributed by atoms with Gasteiger partial charge in [-0.2, -0.15) is 0 Å². The first-order valence-corrected chi connectivity index (χ1v) is 6.19. The molecule has 0 aromatic heterocycles. The summed E-state index contributed by atoms with van der Waals surface area (Å²) in [6.07, 6.45) is 0.639. The van der Waals surface area contributed by atoms with Crippen LogP contribution in [0.1, 0.15) is 18.1 Å². The first-order valence-electron chi connectivity index (χ1n) is 6.19. The lowest BCUT2D eigenvalue weighted by Crippen LogP contribution is -2.35. The molecule has 0 radical (unpaired) electrons. The molecule has 0 saturated heterocycles. The van der Waals surface area contributed by atoms with Gasteiger partial charge in [-0.15, -0.1) is 0 Å². The molecule has 0 saturated carbocycles. The highest BCUT2D eigenvalue weighted by Gasteiger charge is 2.22. The van der Waals surface area contributed by atoms with Crippen LogP contribution < -0.4 is 10.5 Å². The number of ether oxygens (including phenoxy) is 1. The normalized spacial score (nSPS) is 13.9. The maximum absolute atomic E-state index is 13.3. The largest absolute Gasteiger partial charge is 0.497 e. The van der Waals surface area contributed by atoms with Gasteiger partial charge in [-0.1, -0.05) is 24.3 Å². The van der Waals surface area contributed by atoms with E-state index in [0.29, 0.717) is 6.42 Å². The fourth-order valence-electron chi connectivity index (χ4n) is 2.11. The Bertz CT molecular complexity index is 549. The number of nitrogens with two attached hydrogens (primary N) is 1. The lowest BCUT2D eigenvalue weighted by molar-refractivity contribution is 0.414. The van der Waals surface area contributed by atoms with E-state index in [4.69, 9.17) is 10.5 Å². The Morgan fingerprint density at radius 3 is 2.42 bits per heavy atom. The van der Waals surface area contributed by atoms with Crippen molar-refractivity contribution < 1.29 is 9.13 Å². The highest BCUT2D eigenvalue weighted by molar-refractivity contribution is 5.31. The lowest BCUT2D eigenvalue weighted by atomic mass is 9.86. The van der Waals surface area contributed by atoms with Crippen molar-refractivity contribution >= 4 is 0 Å². The standard InChI is InChI=1S/C16H18FNO/c1-16(18,13-4-3-5-14(17)10-13)11-12-6-8-15(19-2)9-7-12/h3-10H,11,18H2,1-2H3. The molecule has 100 valence electrons. The monoisotopic (exact) mass is 259 g/mol.